The van der Waals surface area contributed by atoms with Crippen molar-refractivity contribution in [3.63, 3.8) is 0 Å². The number of carbonyl (C=O) groups excluding carboxylic acids is 1. The van der Waals surface area contributed by atoms with E-state index in [1.165, 1.54) is 30.7 Å². The molecule has 2 fully saturated rings. The third-order valence-corrected chi connectivity index (χ3v) is 5.69. The summed E-state index contributed by atoms with van der Waals surface area (Å²) in [5.41, 5.74) is 0.462. The smallest absolute Gasteiger partial charge is 0.230 e. The molecule has 2 saturated carbocycles. The number of hydrogen-bond acceptors (Lipinski definition) is 4. The molecular formula is C18H21FN4OS. The normalized spacial score (nSPS) is 17.8. The molecule has 0 spiro atoms. The highest BCUT2D eigenvalue weighted by atomic mass is 32.2. The first-order valence-electron chi connectivity index (χ1n) is 8.84. The van der Waals surface area contributed by atoms with Crippen molar-refractivity contribution < 1.29 is 9.18 Å². The molecule has 7 heteroatoms. The van der Waals surface area contributed by atoms with Crippen LogP contribution in [-0.2, 0) is 4.79 Å². The molecule has 4 rings (SSSR count). The number of hydrogen-bond donors (Lipinski definition) is 1. The molecule has 1 aromatic heterocycles. The average molecular weight is 360 g/mol. The molecule has 2 aromatic rings. The molecule has 1 amide bonds. The molecule has 1 heterocycles. The second-order valence-corrected chi connectivity index (χ2v) is 7.67. The number of nitrogens with zero attached hydrogens (tertiary/aromatic N) is 3. The number of thioether (sulfide) groups is 1. The maximum atomic E-state index is 14.1. The van der Waals surface area contributed by atoms with Crippen molar-refractivity contribution in [3.8, 4) is 11.4 Å². The monoisotopic (exact) mass is 360 g/mol. The van der Waals surface area contributed by atoms with E-state index in [4.69, 9.17) is 0 Å². The van der Waals surface area contributed by atoms with Crippen LogP contribution in [0, 0.1) is 5.82 Å². The second kappa shape index (κ2) is 7.15. The number of nitrogens with one attached hydrogen (secondary N) is 1. The van der Waals surface area contributed by atoms with Gasteiger partial charge in [-0.15, -0.1) is 10.2 Å². The molecule has 0 saturated heterocycles. The zero-order chi connectivity index (χ0) is 17.2. The van der Waals surface area contributed by atoms with Gasteiger partial charge >= 0.3 is 0 Å². The lowest BCUT2D eigenvalue weighted by Gasteiger charge is -2.12. The Hall–Kier alpha value is -1.89. The van der Waals surface area contributed by atoms with Gasteiger partial charge < -0.3 is 5.32 Å². The van der Waals surface area contributed by atoms with Gasteiger partial charge in [-0.05, 0) is 37.8 Å². The third kappa shape index (κ3) is 3.71. The summed E-state index contributed by atoms with van der Waals surface area (Å²) >= 11 is 1.38. The van der Waals surface area contributed by atoms with Crippen molar-refractivity contribution in [2.75, 3.05) is 5.75 Å². The lowest BCUT2D eigenvalue weighted by atomic mass is 10.2. The van der Waals surface area contributed by atoms with Crippen LogP contribution in [0.2, 0.25) is 0 Å². The number of benzene rings is 1. The molecule has 0 atom stereocenters. The van der Waals surface area contributed by atoms with E-state index in [9.17, 15) is 9.18 Å². The molecule has 1 N–H and O–H groups in total. The highest BCUT2D eigenvalue weighted by molar-refractivity contribution is 7.99. The molecule has 2 aliphatic carbocycles. The molecular weight excluding hydrogens is 339 g/mol. The van der Waals surface area contributed by atoms with E-state index in [-0.39, 0.29) is 11.7 Å². The zero-order valence-electron chi connectivity index (χ0n) is 13.9. The molecule has 132 valence electrons. The Labute approximate surface area is 150 Å². The molecule has 5 nitrogen and oxygen atoms in total. The lowest BCUT2D eigenvalue weighted by molar-refractivity contribution is -0.119. The van der Waals surface area contributed by atoms with Crippen LogP contribution < -0.4 is 5.32 Å². The van der Waals surface area contributed by atoms with Crippen molar-refractivity contribution in [1.82, 2.24) is 20.1 Å². The summed E-state index contributed by atoms with van der Waals surface area (Å²) in [5, 5.41) is 12.2. The Morgan fingerprint density at radius 2 is 1.96 bits per heavy atom. The van der Waals surface area contributed by atoms with Gasteiger partial charge in [0, 0.05) is 12.1 Å². The molecule has 1 aromatic carbocycles. The van der Waals surface area contributed by atoms with Crippen LogP contribution in [-0.4, -0.2) is 32.5 Å². The first kappa shape index (κ1) is 16.6. The van der Waals surface area contributed by atoms with Gasteiger partial charge in [-0.25, -0.2) is 4.39 Å². The second-order valence-electron chi connectivity index (χ2n) is 6.72. The van der Waals surface area contributed by atoms with Gasteiger partial charge in [0.25, 0.3) is 0 Å². The lowest BCUT2D eigenvalue weighted by Crippen LogP contribution is -2.33. The van der Waals surface area contributed by atoms with Gasteiger partial charge in [-0.2, -0.15) is 0 Å². The number of aromatic nitrogens is 3. The Morgan fingerprint density at radius 1 is 1.20 bits per heavy atom. The summed E-state index contributed by atoms with van der Waals surface area (Å²) in [4.78, 5) is 12.2. The molecule has 0 radical (unpaired) electrons. The number of amides is 1. The SMILES string of the molecule is O=C(CSc1nnc(-c2ccccc2F)n1C1CC1)NC1CCCC1. The molecule has 25 heavy (non-hydrogen) atoms. The van der Waals surface area contributed by atoms with Gasteiger partial charge in [0.2, 0.25) is 5.91 Å². The van der Waals surface area contributed by atoms with Crippen LogP contribution in [0.3, 0.4) is 0 Å². The van der Waals surface area contributed by atoms with Crippen LogP contribution >= 0.6 is 11.8 Å². The van der Waals surface area contributed by atoms with E-state index in [1.54, 1.807) is 18.2 Å². The summed E-state index contributed by atoms with van der Waals surface area (Å²) in [6.07, 6.45) is 6.63. The fourth-order valence-electron chi connectivity index (χ4n) is 3.33. The van der Waals surface area contributed by atoms with Crippen LogP contribution in [0.1, 0.15) is 44.6 Å². The minimum atomic E-state index is -0.299. The quantitative estimate of drug-likeness (QED) is 0.800. The number of carbonyl (C=O) groups is 1. The maximum Gasteiger partial charge on any atom is 0.230 e. The minimum absolute atomic E-state index is 0.0367. The van der Waals surface area contributed by atoms with E-state index in [2.05, 4.69) is 15.5 Å². The highest BCUT2D eigenvalue weighted by Crippen LogP contribution is 2.41. The van der Waals surface area contributed by atoms with Crippen LogP contribution in [0.25, 0.3) is 11.4 Å². The van der Waals surface area contributed by atoms with Crippen molar-refractivity contribution in [1.29, 1.82) is 0 Å². The number of rotatable bonds is 6. The van der Waals surface area contributed by atoms with Crippen LogP contribution in [0.15, 0.2) is 29.4 Å². The Kier molecular flexibility index (Phi) is 4.74. The van der Waals surface area contributed by atoms with Crippen LogP contribution in [0.4, 0.5) is 4.39 Å². The van der Waals surface area contributed by atoms with Gasteiger partial charge in [0.05, 0.1) is 11.3 Å². The van der Waals surface area contributed by atoms with Gasteiger partial charge in [-0.3, -0.25) is 9.36 Å². The average Bonchev–Trinajstić information content (AvgIpc) is 3.15. The fourth-order valence-corrected chi connectivity index (χ4v) is 4.15. The maximum absolute atomic E-state index is 14.1. The van der Waals surface area contributed by atoms with E-state index in [0.29, 0.717) is 34.4 Å². The summed E-state index contributed by atoms with van der Waals surface area (Å²) < 4.78 is 16.1. The first-order chi connectivity index (χ1) is 12.2. The van der Waals surface area contributed by atoms with Crippen molar-refractivity contribution in [3.05, 3.63) is 30.1 Å². The zero-order valence-corrected chi connectivity index (χ0v) is 14.8. The van der Waals surface area contributed by atoms with E-state index in [0.717, 1.165) is 25.7 Å². The Bertz CT molecular complexity index is 768. The Morgan fingerprint density at radius 3 is 2.68 bits per heavy atom. The summed E-state index contributed by atoms with van der Waals surface area (Å²) in [6.45, 7) is 0. The third-order valence-electron chi connectivity index (χ3n) is 4.74. The predicted octanol–water partition coefficient (Wildman–Crippen LogP) is 3.57. The first-order valence-corrected chi connectivity index (χ1v) is 9.83. The fraction of sp³-hybridized carbons (Fsp3) is 0.500. The van der Waals surface area contributed by atoms with Crippen LogP contribution in [0.5, 0.6) is 0 Å². The van der Waals surface area contributed by atoms with E-state index >= 15 is 0 Å². The largest absolute Gasteiger partial charge is 0.353 e. The van der Waals surface area contributed by atoms with E-state index < -0.39 is 0 Å². The summed E-state index contributed by atoms with van der Waals surface area (Å²) in [6, 6.07) is 7.25. The van der Waals surface area contributed by atoms with Crippen molar-refractivity contribution in [2.24, 2.45) is 0 Å². The molecule has 2 aliphatic rings. The van der Waals surface area contributed by atoms with E-state index in [1.807, 2.05) is 4.57 Å². The minimum Gasteiger partial charge on any atom is -0.353 e. The molecule has 0 bridgehead atoms. The van der Waals surface area contributed by atoms with Crippen molar-refractivity contribution in [2.45, 2.75) is 55.8 Å². The molecule has 0 unspecified atom stereocenters. The van der Waals surface area contributed by atoms with Gasteiger partial charge in [-0.1, -0.05) is 36.7 Å². The molecule has 0 aliphatic heterocycles. The standard InChI is InChI=1S/C18H21FN4OS/c19-15-8-4-3-7-14(15)17-21-22-18(23(17)13-9-10-13)25-11-16(24)20-12-5-1-2-6-12/h3-4,7-8,12-13H,1-2,5-6,9-11H2,(H,20,24). The van der Waals surface area contributed by atoms with Crippen molar-refractivity contribution >= 4 is 17.7 Å². The number of halogens is 1. The topological polar surface area (TPSA) is 59.8 Å². The highest BCUT2D eigenvalue weighted by Gasteiger charge is 2.31. The predicted molar refractivity (Wildman–Crippen MR) is 94.8 cm³/mol. The summed E-state index contributed by atoms with van der Waals surface area (Å²) in [7, 11) is 0. The van der Waals surface area contributed by atoms with Gasteiger partial charge in [0.1, 0.15) is 5.82 Å². The Balaban J connectivity index is 1.48. The van der Waals surface area contributed by atoms with Gasteiger partial charge in [0.15, 0.2) is 11.0 Å². The summed E-state index contributed by atoms with van der Waals surface area (Å²) in [5.74, 6) is 0.611.